The molecule has 5 nitrogen and oxygen atoms in total. The maximum absolute atomic E-state index is 12.3. The Hall–Kier alpha value is -1.88. The van der Waals surface area contributed by atoms with E-state index in [0.29, 0.717) is 13.0 Å². The third-order valence-electron chi connectivity index (χ3n) is 4.05. The van der Waals surface area contributed by atoms with Crippen LogP contribution in [0.5, 0.6) is 0 Å². The Balaban J connectivity index is 1.78. The van der Waals surface area contributed by atoms with Crippen molar-refractivity contribution in [3.05, 3.63) is 23.8 Å². The zero-order valence-corrected chi connectivity index (χ0v) is 12.1. The van der Waals surface area contributed by atoms with Gasteiger partial charge in [-0.15, -0.1) is 0 Å². The third kappa shape index (κ3) is 3.08. The standard InChI is InChI=1S/C16H21N3O2/c17-8-7-15(20)18-13-5-6-14-12(10-13)2-1-9-19(14)16(21)11-3-4-11/h5-6,10-11H,1-4,7-9,17H2,(H,18,20). The molecule has 3 N–H and O–H groups in total. The van der Waals surface area contributed by atoms with E-state index < -0.39 is 0 Å². The molecule has 2 aliphatic rings. The van der Waals surface area contributed by atoms with E-state index >= 15 is 0 Å². The maximum atomic E-state index is 12.3. The number of nitrogens with two attached hydrogens (primary N) is 1. The van der Waals surface area contributed by atoms with Crippen LogP contribution in [-0.4, -0.2) is 24.9 Å². The smallest absolute Gasteiger partial charge is 0.230 e. The average Bonchev–Trinajstić information content (AvgIpc) is 3.30. The van der Waals surface area contributed by atoms with E-state index in [0.717, 1.165) is 49.2 Å². The highest BCUT2D eigenvalue weighted by atomic mass is 16.2. The van der Waals surface area contributed by atoms with Crippen LogP contribution in [0.25, 0.3) is 0 Å². The second-order valence-corrected chi connectivity index (χ2v) is 5.80. The number of hydrogen-bond donors (Lipinski definition) is 2. The summed E-state index contributed by atoms with van der Waals surface area (Å²) in [5, 5.41) is 2.85. The molecule has 1 aliphatic carbocycles. The van der Waals surface area contributed by atoms with Crippen molar-refractivity contribution in [3.8, 4) is 0 Å². The topological polar surface area (TPSA) is 75.4 Å². The molecule has 1 fully saturated rings. The molecule has 21 heavy (non-hydrogen) atoms. The SMILES string of the molecule is NCCC(=O)Nc1ccc2c(c1)CCCN2C(=O)C1CC1. The number of hydrogen-bond acceptors (Lipinski definition) is 3. The highest BCUT2D eigenvalue weighted by molar-refractivity contribution is 5.98. The summed E-state index contributed by atoms with van der Waals surface area (Å²) >= 11 is 0. The highest BCUT2D eigenvalue weighted by Crippen LogP contribution is 2.36. The number of carbonyl (C=O) groups is 2. The first-order valence-electron chi connectivity index (χ1n) is 7.63. The van der Waals surface area contributed by atoms with Crippen LogP contribution in [0.2, 0.25) is 0 Å². The lowest BCUT2D eigenvalue weighted by molar-refractivity contribution is -0.120. The molecule has 0 spiro atoms. The molecule has 5 heteroatoms. The molecule has 112 valence electrons. The van der Waals surface area contributed by atoms with Crippen molar-refractivity contribution in [2.75, 3.05) is 23.3 Å². The zero-order valence-electron chi connectivity index (χ0n) is 12.1. The van der Waals surface area contributed by atoms with Gasteiger partial charge in [-0.25, -0.2) is 0 Å². The van der Waals surface area contributed by atoms with Crippen LogP contribution in [0.15, 0.2) is 18.2 Å². The maximum Gasteiger partial charge on any atom is 0.230 e. The van der Waals surface area contributed by atoms with Crippen LogP contribution in [0, 0.1) is 5.92 Å². The molecule has 1 aromatic carbocycles. The van der Waals surface area contributed by atoms with Crippen LogP contribution >= 0.6 is 0 Å². The molecule has 0 unspecified atom stereocenters. The molecule has 2 amide bonds. The van der Waals surface area contributed by atoms with Gasteiger partial charge in [0.2, 0.25) is 11.8 Å². The molecule has 1 aromatic rings. The number of nitrogens with one attached hydrogen (secondary N) is 1. The summed E-state index contributed by atoms with van der Waals surface area (Å²) < 4.78 is 0. The van der Waals surface area contributed by atoms with Crippen LogP contribution in [0.3, 0.4) is 0 Å². The molecule has 0 radical (unpaired) electrons. The Kier molecular flexibility index (Phi) is 3.92. The Morgan fingerprint density at radius 2 is 2.14 bits per heavy atom. The molecule has 3 rings (SSSR count). The molecule has 0 atom stereocenters. The van der Waals surface area contributed by atoms with E-state index in [9.17, 15) is 9.59 Å². The number of fused-ring (bicyclic) bond motifs is 1. The van der Waals surface area contributed by atoms with E-state index in [1.807, 2.05) is 23.1 Å². The third-order valence-corrected chi connectivity index (χ3v) is 4.05. The summed E-state index contributed by atoms with van der Waals surface area (Å²) in [6.07, 6.45) is 4.30. The summed E-state index contributed by atoms with van der Waals surface area (Å²) in [6.45, 7) is 1.15. The van der Waals surface area contributed by atoms with Gasteiger partial charge in [0.05, 0.1) is 0 Å². The minimum Gasteiger partial charge on any atom is -0.330 e. The second kappa shape index (κ2) is 5.85. The Labute approximate surface area is 124 Å². The normalized spacial score (nSPS) is 17.3. The number of amides is 2. The number of aryl methyl sites for hydroxylation is 1. The van der Waals surface area contributed by atoms with Gasteiger partial charge >= 0.3 is 0 Å². The van der Waals surface area contributed by atoms with E-state index in [4.69, 9.17) is 5.73 Å². The number of nitrogens with zero attached hydrogens (tertiary/aromatic N) is 1. The van der Waals surface area contributed by atoms with Crippen LogP contribution in [0.1, 0.15) is 31.2 Å². The van der Waals surface area contributed by atoms with Crippen LogP contribution in [0.4, 0.5) is 11.4 Å². The zero-order chi connectivity index (χ0) is 14.8. The van der Waals surface area contributed by atoms with Crippen molar-refractivity contribution < 1.29 is 9.59 Å². The fraction of sp³-hybridized carbons (Fsp3) is 0.500. The first-order chi connectivity index (χ1) is 10.2. The van der Waals surface area contributed by atoms with Gasteiger partial charge in [0.1, 0.15) is 0 Å². The van der Waals surface area contributed by atoms with E-state index in [1.54, 1.807) is 0 Å². The predicted octanol–water partition coefficient (Wildman–Crippen LogP) is 1.66. The molecular weight excluding hydrogens is 266 g/mol. The Morgan fingerprint density at radius 3 is 2.86 bits per heavy atom. The molecule has 1 saturated carbocycles. The lowest BCUT2D eigenvalue weighted by atomic mass is 10.0. The Bertz CT molecular complexity index is 567. The van der Waals surface area contributed by atoms with Gasteiger partial charge in [-0.05, 0) is 49.4 Å². The van der Waals surface area contributed by atoms with Crippen molar-refractivity contribution in [2.24, 2.45) is 11.7 Å². The van der Waals surface area contributed by atoms with Gasteiger partial charge in [-0.2, -0.15) is 0 Å². The van der Waals surface area contributed by atoms with Crippen molar-refractivity contribution in [1.82, 2.24) is 0 Å². The second-order valence-electron chi connectivity index (χ2n) is 5.80. The molecule has 0 saturated heterocycles. The van der Waals surface area contributed by atoms with Gasteiger partial charge < -0.3 is 16.0 Å². The number of anilines is 2. The number of carbonyl (C=O) groups excluding carboxylic acids is 2. The fourth-order valence-corrected chi connectivity index (χ4v) is 2.81. The highest BCUT2D eigenvalue weighted by Gasteiger charge is 2.35. The van der Waals surface area contributed by atoms with Gasteiger partial charge in [0, 0.05) is 36.8 Å². The van der Waals surface area contributed by atoms with Gasteiger partial charge in [0.25, 0.3) is 0 Å². The minimum absolute atomic E-state index is 0.0702. The van der Waals surface area contributed by atoms with E-state index in [1.165, 1.54) is 0 Å². The first-order valence-corrected chi connectivity index (χ1v) is 7.63. The quantitative estimate of drug-likeness (QED) is 0.884. The molecule has 0 aromatic heterocycles. The van der Waals surface area contributed by atoms with Crippen molar-refractivity contribution >= 4 is 23.2 Å². The summed E-state index contributed by atoms with van der Waals surface area (Å²) in [6, 6.07) is 5.80. The first kappa shape index (κ1) is 14.1. The monoisotopic (exact) mass is 287 g/mol. The van der Waals surface area contributed by atoms with Crippen molar-refractivity contribution in [2.45, 2.75) is 32.1 Å². The molecular formula is C16H21N3O2. The van der Waals surface area contributed by atoms with Gasteiger partial charge in [0.15, 0.2) is 0 Å². The molecule has 1 heterocycles. The van der Waals surface area contributed by atoms with E-state index in [2.05, 4.69) is 5.32 Å². The average molecular weight is 287 g/mol. The number of benzene rings is 1. The van der Waals surface area contributed by atoms with Crippen molar-refractivity contribution in [3.63, 3.8) is 0 Å². The van der Waals surface area contributed by atoms with Crippen molar-refractivity contribution in [1.29, 1.82) is 0 Å². The molecule has 1 aliphatic heterocycles. The summed E-state index contributed by atoms with van der Waals surface area (Å²) in [7, 11) is 0. The van der Waals surface area contributed by atoms with E-state index in [-0.39, 0.29) is 17.7 Å². The summed E-state index contributed by atoms with van der Waals surface area (Å²) in [4.78, 5) is 25.8. The minimum atomic E-state index is -0.0702. The summed E-state index contributed by atoms with van der Waals surface area (Å²) in [5.41, 5.74) is 8.31. The van der Waals surface area contributed by atoms with Crippen LogP contribution in [-0.2, 0) is 16.0 Å². The fourth-order valence-electron chi connectivity index (χ4n) is 2.81. The van der Waals surface area contributed by atoms with Gasteiger partial charge in [-0.1, -0.05) is 0 Å². The molecule has 0 bridgehead atoms. The predicted molar refractivity (Wildman–Crippen MR) is 82.1 cm³/mol. The van der Waals surface area contributed by atoms with Gasteiger partial charge in [-0.3, -0.25) is 9.59 Å². The number of rotatable bonds is 4. The lowest BCUT2D eigenvalue weighted by Crippen LogP contribution is -2.36. The Morgan fingerprint density at radius 1 is 1.33 bits per heavy atom. The largest absolute Gasteiger partial charge is 0.330 e. The van der Waals surface area contributed by atoms with Crippen LogP contribution < -0.4 is 16.0 Å². The lowest BCUT2D eigenvalue weighted by Gasteiger charge is -2.30. The summed E-state index contributed by atoms with van der Waals surface area (Å²) in [5.74, 6) is 0.426.